The maximum Gasteiger partial charge on any atom is 0.322 e. The lowest BCUT2D eigenvalue weighted by Gasteiger charge is -2.20. The molecule has 0 spiro atoms. The molecule has 0 atom stereocenters. The molecule has 4 rings (SSSR count). The molecule has 0 saturated carbocycles. The van der Waals surface area contributed by atoms with Gasteiger partial charge in [0.25, 0.3) is 5.91 Å². The first-order chi connectivity index (χ1) is 20.3. The van der Waals surface area contributed by atoms with Crippen LogP contribution in [0.1, 0.15) is 48.1 Å². The zero-order valence-corrected chi connectivity index (χ0v) is 27.1. The van der Waals surface area contributed by atoms with Crippen LogP contribution in [0.15, 0.2) is 78.6 Å². The van der Waals surface area contributed by atoms with Gasteiger partial charge in [0.2, 0.25) is 0 Å². The van der Waals surface area contributed by atoms with Crippen LogP contribution in [0.3, 0.4) is 0 Å². The number of H-pyrrole nitrogens is 1. The van der Waals surface area contributed by atoms with E-state index in [-0.39, 0.29) is 0 Å². The number of amides is 1. The molecular formula is C32H44N4O4S2. The second-order valence-electron chi connectivity index (χ2n) is 8.61. The molecule has 0 bridgehead atoms. The number of anilines is 1. The average Bonchev–Trinajstić information content (AvgIpc) is 3.72. The molecule has 1 amide bonds. The predicted octanol–water partition coefficient (Wildman–Crippen LogP) is 7.18. The summed E-state index contributed by atoms with van der Waals surface area (Å²) in [5.41, 5.74) is 3.96. The summed E-state index contributed by atoms with van der Waals surface area (Å²) in [5, 5.41) is 13.3. The van der Waals surface area contributed by atoms with E-state index in [2.05, 4.69) is 66.7 Å². The van der Waals surface area contributed by atoms with Crippen LogP contribution in [-0.2, 0) is 16.1 Å². The van der Waals surface area contributed by atoms with Crippen LogP contribution < -0.4 is 10.2 Å². The third-order valence-electron chi connectivity index (χ3n) is 5.09. The Bertz CT molecular complexity index is 1230. The first kappa shape index (κ1) is 38.1. The summed E-state index contributed by atoms with van der Waals surface area (Å²) in [6, 6.07) is 19.2. The van der Waals surface area contributed by atoms with E-state index in [9.17, 15) is 9.59 Å². The van der Waals surface area contributed by atoms with Gasteiger partial charge in [-0.05, 0) is 59.7 Å². The number of thiophene rings is 1. The van der Waals surface area contributed by atoms with Crippen molar-refractivity contribution in [2.45, 2.75) is 40.7 Å². The highest BCUT2D eigenvalue weighted by atomic mass is 32.2. The molecule has 0 saturated heterocycles. The third-order valence-corrected chi connectivity index (χ3v) is 6.47. The molecule has 2 heterocycles. The van der Waals surface area contributed by atoms with Gasteiger partial charge in [-0.1, -0.05) is 63.6 Å². The van der Waals surface area contributed by atoms with Crippen molar-refractivity contribution < 1.29 is 19.5 Å². The van der Waals surface area contributed by atoms with Crippen LogP contribution in [0.25, 0.3) is 11.1 Å². The number of carbonyl (C=O) groups excluding carboxylic acids is 2. The second kappa shape index (κ2) is 23.8. The third kappa shape index (κ3) is 15.8. The summed E-state index contributed by atoms with van der Waals surface area (Å²) >= 11 is 3.63. The van der Waals surface area contributed by atoms with Gasteiger partial charge in [-0.25, -0.2) is 4.98 Å². The fourth-order valence-electron chi connectivity index (χ4n) is 3.15. The van der Waals surface area contributed by atoms with E-state index in [4.69, 9.17) is 9.90 Å². The topological polar surface area (TPSA) is 115 Å². The van der Waals surface area contributed by atoms with Gasteiger partial charge in [-0.3, -0.25) is 9.59 Å². The van der Waals surface area contributed by atoms with E-state index >= 15 is 0 Å². The lowest BCUT2D eigenvalue weighted by Crippen LogP contribution is -2.29. The molecule has 3 N–H and O–H groups in total. The van der Waals surface area contributed by atoms with Crippen molar-refractivity contribution in [1.82, 2.24) is 15.3 Å². The number of benzene rings is 2. The zero-order valence-electron chi connectivity index (χ0n) is 25.4. The van der Waals surface area contributed by atoms with Crippen LogP contribution >= 0.6 is 23.1 Å². The molecule has 10 heteroatoms. The molecule has 0 aliphatic heterocycles. The molecule has 0 aliphatic rings. The van der Waals surface area contributed by atoms with Crippen LogP contribution in [0.5, 0.6) is 0 Å². The molecule has 0 radical (unpaired) electrons. The van der Waals surface area contributed by atoms with Crippen molar-refractivity contribution in [2.24, 2.45) is 0 Å². The average molecular weight is 613 g/mol. The van der Waals surface area contributed by atoms with Gasteiger partial charge in [0.05, 0.1) is 18.6 Å². The summed E-state index contributed by atoms with van der Waals surface area (Å²) < 4.78 is 0. The number of carboxylic acid groups (broad SMARTS) is 1. The Kier molecular flexibility index (Phi) is 21.6. The number of rotatable bonds is 8. The number of hydrogen-bond donors (Lipinski definition) is 3. The highest BCUT2D eigenvalue weighted by Gasteiger charge is 2.16. The van der Waals surface area contributed by atoms with Crippen molar-refractivity contribution in [3.05, 3.63) is 94.7 Å². The fourth-order valence-corrected chi connectivity index (χ4v) is 3.68. The second-order valence-corrected chi connectivity index (χ2v) is 10.9. The van der Waals surface area contributed by atoms with Crippen LogP contribution in [-0.4, -0.2) is 59.3 Å². The highest BCUT2D eigenvalue weighted by Crippen LogP contribution is 2.29. The Hall–Kier alpha value is -3.89. The quantitative estimate of drug-likeness (QED) is 0.193. The van der Waals surface area contributed by atoms with Crippen molar-refractivity contribution in [2.75, 3.05) is 30.5 Å². The van der Waals surface area contributed by atoms with Gasteiger partial charge >= 0.3 is 5.97 Å². The van der Waals surface area contributed by atoms with E-state index in [0.29, 0.717) is 12.1 Å². The Morgan fingerprint density at radius 2 is 1.71 bits per heavy atom. The molecular weight excluding hydrogens is 569 g/mol. The lowest BCUT2D eigenvalue weighted by molar-refractivity contribution is -0.135. The molecule has 0 unspecified atom stereocenters. The van der Waals surface area contributed by atoms with E-state index in [1.54, 1.807) is 29.9 Å². The Labute approximate surface area is 258 Å². The van der Waals surface area contributed by atoms with Crippen molar-refractivity contribution in [3.8, 4) is 11.1 Å². The minimum Gasteiger partial charge on any atom is -0.480 e. The first-order valence-electron chi connectivity index (χ1n) is 13.4. The highest BCUT2D eigenvalue weighted by molar-refractivity contribution is 7.98. The van der Waals surface area contributed by atoms with Crippen molar-refractivity contribution in [1.29, 1.82) is 0 Å². The van der Waals surface area contributed by atoms with E-state index < -0.39 is 18.4 Å². The van der Waals surface area contributed by atoms with Crippen molar-refractivity contribution in [3.63, 3.8) is 0 Å². The molecule has 8 nitrogen and oxygen atoms in total. The molecule has 42 heavy (non-hydrogen) atoms. The number of nitrogens with zero attached hydrogens (tertiary/aromatic N) is 2. The number of carbonyl (C=O) groups is 3. The minimum absolute atomic E-state index is 0.418. The van der Waals surface area contributed by atoms with Gasteiger partial charge in [-0.2, -0.15) is 11.8 Å². The molecule has 0 aliphatic carbocycles. The molecule has 2 aromatic carbocycles. The maximum atomic E-state index is 12.5. The Morgan fingerprint density at radius 1 is 1.07 bits per heavy atom. The Balaban J connectivity index is 0.000000925. The number of aromatic amines is 1. The zero-order chi connectivity index (χ0) is 31.8. The summed E-state index contributed by atoms with van der Waals surface area (Å²) in [6.45, 7) is 10.7. The predicted molar refractivity (Wildman–Crippen MR) is 179 cm³/mol. The smallest absolute Gasteiger partial charge is 0.322 e. The number of hydrogen-bond acceptors (Lipinski definition) is 7. The summed E-state index contributed by atoms with van der Waals surface area (Å²) in [5.74, 6) is -0.264. The molecule has 0 fully saturated rings. The summed E-state index contributed by atoms with van der Waals surface area (Å²) in [6.07, 6.45) is 6.75. The standard InChI is InChI=1S/C20H20N4O3.C5H6S.C3H8S.C3H8.CH2O/c1-24(12-15-10-21-13-23-15)16-7-8-17(20(27)22-11-19(25)26)18(9-16)14-5-3-2-4-6-14;1-5-3-2-4-6-5;1-3-4-2;1-3-2;1-2/h2-10,13H,11-12H2,1H3,(H,21,23)(H,22,27)(H,25,26);2-4H,1H3;3H2,1-2H3;3H2,1-2H3;1H2. The van der Waals surface area contributed by atoms with Gasteiger partial charge in [0.1, 0.15) is 13.3 Å². The number of thioether (sulfide) groups is 1. The number of aromatic nitrogens is 2. The number of nitrogens with one attached hydrogen (secondary N) is 2. The van der Waals surface area contributed by atoms with Crippen molar-refractivity contribution >= 4 is 47.5 Å². The van der Waals surface area contributed by atoms with Gasteiger partial charge < -0.3 is 25.1 Å². The largest absolute Gasteiger partial charge is 0.480 e. The van der Waals surface area contributed by atoms with Gasteiger partial charge in [0.15, 0.2) is 0 Å². The first-order valence-corrected chi connectivity index (χ1v) is 15.7. The van der Waals surface area contributed by atoms with Crippen LogP contribution in [0.2, 0.25) is 0 Å². The van der Waals surface area contributed by atoms with E-state index in [1.165, 1.54) is 17.1 Å². The normalized spacial score (nSPS) is 9.19. The number of aryl methyl sites for hydroxylation is 1. The molecule has 4 aromatic rings. The maximum absolute atomic E-state index is 12.5. The summed E-state index contributed by atoms with van der Waals surface area (Å²) in [7, 11) is 1.95. The van der Waals surface area contributed by atoms with E-state index in [1.807, 2.05) is 73.0 Å². The molecule has 228 valence electrons. The van der Waals surface area contributed by atoms with Gasteiger partial charge in [0, 0.05) is 29.4 Å². The number of imidazole rings is 1. The minimum atomic E-state index is -1.08. The Morgan fingerprint density at radius 3 is 2.17 bits per heavy atom. The lowest BCUT2D eigenvalue weighted by atomic mass is 9.98. The summed E-state index contributed by atoms with van der Waals surface area (Å²) in [4.78, 5) is 41.8. The van der Waals surface area contributed by atoms with Crippen LogP contribution in [0, 0.1) is 6.92 Å². The molecule has 2 aromatic heterocycles. The van der Waals surface area contributed by atoms with E-state index in [0.717, 1.165) is 22.5 Å². The fraction of sp³-hybridized carbons (Fsp3) is 0.312. The monoisotopic (exact) mass is 612 g/mol. The number of carboxylic acids is 1. The van der Waals surface area contributed by atoms with Crippen LogP contribution in [0.4, 0.5) is 5.69 Å². The SMILES string of the molecule is C=O.CCC.CCSC.CN(Cc1cnc[nH]1)c1ccc(C(=O)NCC(=O)O)c(-c2ccccc2)c1.Cc1cccs1. The number of aliphatic carboxylic acids is 1. The van der Waals surface area contributed by atoms with Gasteiger partial charge in [-0.15, -0.1) is 11.3 Å².